The lowest BCUT2D eigenvalue weighted by Gasteiger charge is -2.20. The lowest BCUT2D eigenvalue weighted by atomic mass is 10.2. The lowest BCUT2D eigenvalue weighted by Crippen LogP contribution is -2.38. The molecule has 0 aliphatic rings. The highest BCUT2D eigenvalue weighted by Crippen LogP contribution is 2.32. The van der Waals surface area contributed by atoms with E-state index in [0.29, 0.717) is 10.6 Å². The third-order valence-electron chi connectivity index (χ3n) is 2.30. The quantitative estimate of drug-likeness (QED) is 0.839. The Balaban J connectivity index is 3.07. The summed E-state index contributed by atoms with van der Waals surface area (Å²) in [5.74, 6) is -1.33. The Kier molecular flexibility index (Phi) is 4.05. The largest absolute Gasteiger partial charge is 0.493 e. The van der Waals surface area contributed by atoms with Crippen LogP contribution in [0.25, 0.3) is 0 Å². The zero-order chi connectivity index (χ0) is 13.9. The average molecular weight is 263 g/mol. The van der Waals surface area contributed by atoms with Gasteiger partial charge in [-0.15, -0.1) is 0 Å². The summed E-state index contributed by atoms with van der Waals surface area (Å²) >= 11 is 0. The summed E-state index contributed by atoms with van der Waals surface area (Å²) in [7, 11) is 3.80. The Morgan fingerprint density at radius 3 is 2.17 bits per heavy atom. The van der Waals surface area contributed by atoms with Gasteiger partial charge < -0.3 is 14.4 Å². The van der Waals surface area contributed by atoms with E-state index in [1.807, 2.05) is 0 Å². The van der Waals surface area contributed by atoms with Crippen LogP contribution in [-0.4, -0.2) is 33.4 Å². The number of rotatable bonds is 3. The molecule has 7 heteroatoms. The number of hydrogen-bond acceptors (Lipinski definition) is 3. The van der Waals surface area contributed by atoms with Gasteiger partial charge in [-0.05, 0) is 12.1 Å². The zero-order valence-corrected chi connectivity index (χ0v) is 10.0. The van der Waals surface area contributed by atoms with Gasteiger partial charge in [-0.1, -0.05) is 0 Å². The molecule has 0 heterocycles. The standard InChI is InChI=1S/C11H12F3NO3/c1-15(10(16)11(12,13)14)7-4-5-8(17-2)9(6-7)18-3/h4-6H,1-3H3. The highest BCUT2D eigenvalue weighted by Gasteiger charge is 2.41. The molecule has 1 aromatic rings. The van der Waals surface area contributed by atoms with Gasteiger partial charge in [-0.25, -0.2) is 0 Å². The second-order valence-corrected chi connectivity index (χ2v) is 3.40. The van der Waals surface area contributed by atoms with E-state index in [9.17, 15) is 18.0 Å². The average Bonchev–Trinajstić information content (AvgIpc) is 2.34. The Morgan fingerprint density at radius 1 is 1.17 bits per heavy atom. The second-order valence-electron chi connectivity index (χ2n) is 3.40. The van der Waals surface area contributed by atoms with Crippen molar-refractivity contribution < 1.29 is 27.4 Å². The molecule has 0 aliphatic carbocycles. The van der Waals surface area contributed by atoms with E-state index in [4.69, 9.17) is 9.47 Å². The van der Waals surface area contributed by atoms with Crippen molar-refractivity contribution in [3.05, 3.63) is 18.2 Å². The van der Waals surface area contributed by atoms with Crippen LogP contribution in [0.3, 0.4) is 0 Å². The molecule has 0 atom stereocenters. The summed E-state index contributed by atoms with van der Waals surface area (Å²) in [5, 5.41) is 0. The van der Waals surface area contributed by atoms with Gasteiger partial charge in [0, 0.05) is 18.8 Å². The van der Waals surface area contributed by atoms with Gasteiger partial charge >= 0.3 is 12.1 Å². The van der Waals surface area contributed by atoms with Gasteiger partial charge in [0.05, 0.1) is 14.2 Å². The van der Waals surface area contributed by atoms with Gasteiger partial charge in [0.15, 0.2) is 11.5 Å². The summed E-state index contributed by atoms with van der Waals surface area (Å²) in [4.78, 5) is 11.5. The highest BCUT2D eigenvalue weighted by atomic mass is 19.4. The van der Waals surface area contributed by atoms with Gasteiger partial charge in [0.25, 0.3) is 0 Å². The molecular formula is C11H12F3NO3. The van der Waals surface area contributed by atoms with Crippen molar-refractivity contribution >= 4 is 11.6 Å². The van der Waals surface area contributed by atoms with Gasteiger partial charge in [-0.3, -0.25) is 4.79 Å². The molecule has 0 bridgehead atoms. The minimum atomic E-state index is -4.91. The van der Waals surface area contributed by atoms with Crippen LogP contribution in [0.2, 0.25) is 0 Å². The summed E-state index contributed by atoms with van der Waals surface area (Å²) in [6.45, 7) is 0. The van der Waals surface area contributed by atoms with Crippen molar-refractivity contribution in [1.82, 2.24) is 0 Å². The first-order chi connectivity index (χ1) is 8.31. The fourth-order valence-electron chi connectivity index (χ4n) is 1.34. The number of ether oxygens (including phenoxy) is 2. The molecule has 1 amide bonds. The van der Waals surface area contributed by atoms with Crippen molar-refractivity contribution in [3.63, 3.8) is 0 Å². The third-order valence-corrected chi connectivity index (χ3v) is 2.30. The van der Waals surface area contributed by atoms with Crippen LogP contribution >= 0.6 is 0 Å². The monoisotopic (exact) mass is 263 g/mol. The van der Waals surface area contributed by atoms with Crippen molar-refractivity contribution in [2.45, 2.75) is 6.18 Å². The number of anilines is 1. The van der Waals surface area contributed by atoms with Crippen LogP contribution in [-0.2, 0) is 4.79 Å². The zero-order valence-electron chi connectivity index (χ0n) is 10.0. The van der Waals surface area contributed by atoms with Gasteiger partial charge in [0.2, 0.25) is 0 Å². The fraction of sp³-hybridized carbons (Fsp3) is 0.364. The molecule has 0 unspecified atom stereocenters. The summed E-state index contributed by atoms with van der Waals surface area (Å²) in [6, 6.07) is 4.06. The maximum atomic E-state index is 12.3. The first-order valence-corrected chi connectivity index (χ1v) is 4.88. The van der Waals surface area contributed by atoms with Crippen LogP contribution in [0.5, 0.6) is 11.5 Å². The molecule has 4 nitrogen and oxygen atoms in total. The second kappa shape index (κ2) is 5.16. The topological polar surface area (TPSA) is 38.8 Å². The molecular weight excluding hydrogens is 251 g/mol. The molecule has 0 saturated heterocycles. The van der Waals surface area contributed by atoms with Crippen LogP contribution in [0.4, 0.5) is 18.9 Å². The number of alkyl halides is 3. The molecule has 1 aromatic carbocycles. The van der Waals surface area contributed by atoms with Gasteiger partial charge in [0.1, 0.15) is 0 Å². The number of hydrogen-bond donors (Lipinski definition) is 0. The van der Waals surface area contributed by atoms with Crippen LogP contribution in [0.15, 0.2) is 18.2 Å². The molecule has 0 aromatic heterocycles. The number of carbonyl (C=O) groups excluding carboxylic acids is 1. The number of halogens is 3. The minimum Gasteiger partial charge on any atom is -0.493 e. The molecule has 0 saturated carbocycles. The van der Waals surface area contributed by atoms with Crippen molar-refractivity contribution in [1.29, 1.82) is 0 Å². The van der Waals surface area contributed by atoms with E-state index in [0.717, 1.165) is 7.05 Å². The van der Waals surface area contributed by atoms with E-state index in [2.05, 4.69) is 0 Å². The predicted molar refractivity (Wildman–Crippen MR) is 59.0 cm³/mol. The maximum Gasteiger partial charge on any atom is 0.471 e. The molecule has 0 radical (unpaired) electrons. The Morgan fingerprint density at radius 2 is 1.72 bits per heavy atom. The molecule has 0 fully saturated rings. The summed E-state index contributed by atoms with van der Waals surface area (Å²) in [5.41, 5.74) is 0.0648. The van der Waals surface area contributed by atoms with Gasteiger partial charge in [-0.2, -0.15) is 13.2 Å². The van der Waals surface area contributed by atoms with E-state index >= 15 is 0 Å². The van der Waals surface area contributed by atoms with E-state index < -0.39 is 12.1 Å². The number of carbonyl (C=O) groups is 1. The van der Waals surface area contributed by atoms with Crippen LogP contribution < -0.4 is 14.4 Å². The molecule has 18 heavy (non-hydrogen) atoms. The van der Waals surface area contributed by atoms with Crippen molar-refractivity contribution in [2.24, 2.45) is 0 Å². The Bertz CT molecular complexity index is 446. The first kappa shape index (κ1) is 14.1. The van der Waals surface area contributed by atoms with Crippen molar-refractivity contribution in [3.8, 4) is 11.5 Å². The molecule has 0 N–H and O–H groups in total. The number of methoxy groups -OCH3 is 2. The minimum absolute atomic E-state index is 0.0648. The molecule has 0 aliphatic heterocycles. The predicted octanol–water partition coefficient (Wildman–Crippen LogP) is 2.23. The van der Waals surface area contributed by atoms with Crippen LogP contribution in [0, 0.1) is 0 Å². The first-order valence-electron chi connectivity index (χ1n) is 4.88. The Hall–Kier alpha value is -1.92. The smallest absolute Gasteiger partial charge is 0.471 e. The van der Waals surface area contributed by atoms with Crippen LogP contribution in [0.1, 0.15) is 0 Å². The van der Waals surface area contributed by atoms with E-state index in [1.165, 1.54) is 32.4 Å². The van der Waals surface area contributed by atoms with Crippen molar-refractivity contribution in [2.75, 3.05) is 26.2 Å². The molecule has 1 rings (SSSR count). The number of nitrogens with zero attached hydrogens (tertiary/aromatic N) is 1. The number of amides is 1. The Labute approximate surface area is 102 Å². The molecule has 100 valence electrons. The molecule has 0 spiro atoms. The number of benzene rings is 1. The summed E-state index contributed by atoms with van der Waals surface area (Å²) < 4.78 is 46.7. The van der Waals surface area contributed by atoms with E-state index in [1.54, 1.807) is 0 Å². The maximum absolute atomic E-state index is 12.3. The normalized spacial score (nSPS) is 11.0. The summed E-state index contributed by atoms with van der Waals surface area (Å²) in [6.07, 6.45) is -4.91. The van der Waals surface area contributed by atoms with E-state index in [-0.39, 0.29) is 11.4 Å². The SMILES string of the molecule is COc1ccc(N(C)C(=O)C(F)(F)F)cc1OC. The fourth-order valence-corrected chi connectivity index (χ4v) is 1.34. The third kappa shape index (κ3) is 2.85. The lowest BCUT2D eigenvalue weighted by molar-refractivity contribution is -0.170. The highest BCUT2D eigenvalue weighted by molar-refractivity contribution is 5.97.